The molecule has 0 atom stereocenters. The van der Waals surface area contributed by atoms with E-state index in [4.69, 9.17) is 0 Å². The third-order valence-electron chi connectivity index (χ3n) is 1.88. The lowest BCUT2D eigenvalue weighted by Crippen LogP contribution is -2.16. The quantitative estimate of drug-likeness (QED) is 0.466. The van der Waals surface area contributed by atoms with Crippen molar-refractivity contribution in [3.63, 3.8) is 0 Å². The van der Waals surface area contributed by atoms with Crippen molar-refractivity contribution in [3.8, 4) is 46.6 Å². The molecule has 0 saturated heterocycles. The van der Waals surface area contributed by atoms with Gasteiger partial charge in [0.25, 0.3) is 0 Å². The maximum absolute atomic E-state index is 3.23. The monoisotopic (exact) mass is 296 g/mol. The minimum Gasteiger partial charge on any atom is -0.118 e. The molecular weight excluding hydrogens is 272 g/mol. The van der Waals surface area contributed by atoms with Crippen molar-refractivity contribution >= 4 is 16.1 Å². The highest BCUT2D eigenvalue weighted by Gasteiger charge is 2.07. The largest absolute Gasteiger partial charge is 0.130 e. The molecule has 0 spiro atoms. The van der Waals surface area contributed by atoms with E-state index in [2.05, 4.69) is 85.9 Å². The Morgan fingerprint density at radius 1 is 0.600 bits per heavy atom. The second kappa shape index (κ2) is 7.87. The van der Waals surface area contributed by atoms with E-state index in [1.54, 1.807) is 0 Å². The zero-order valence-electron chi connectivity index (χ0n) is 14.0. The molecule has 0 radical (unpaired) electrons. The first-order valence-electron chi connectivity index (χ1n) is 6.75. The Kier molecular flexibility index (Phi) is 7.25. The van der Waals surface area contributed by atoms with E-state index in [0.29, 0.717) is 0 Å². The van der Waals surface area contributed by atoms with E-state index < -0.39 is 16.1 Å². The first kappa shape index (κ1) is 18.4. The maximum atomic E-state index is 3.23. The van der Waals surface area contributed by atoms with Crippen LogP contribution in [-0.4, -0.2) is 16.1 Å². The summed E-state index contributed by atoms with van der Waals surface area (Å²) in [7, 11) is -2.68. The van der Waals surface area contributed by atoms with Gasteiger partial charge in [-0.2, -0.15) is 0 Å². The summed E-state index contributed by atoms with van der Waals surface area (Å²) in [4.78, 5) is 0. The molecule has 0 saturated carbocycles. The van der Waals surface area contributed by atoms with Crippen molar-refractivity contribution < 1.29 is 0 Å². The van der Waals surface area contributed by atoms with Crippen LogP contribution in [0.5, 0.6) is 0 Å². The van der Waals surface area contributed by atoms with Crippen LogP contribution in [0.2, 0.25) is 39.3 Å². The molecule has 0 fully saturated rings. The van der Waals surface area contributed by atoms with Gasteiger partial charge in [0.1, 0.15) is 16.1 Å². The molecule has 0 aliphatic carbocycles. The topological polar surface area (TPSA) is 0 Å². The van der Waals surface area contributed by atoms with Crippen LogP contribution in [0.1, 0.15) is 13.8 Å². The van der Waals surface area contributed by atoms with Gasteiger partial charge in [-0.3, -0.25) is 0 Å². The van der Waals surface area contributed by atoms with Crippen LogP contribution in [0, 0.1) is 46.6 Å². The fourth-order valence-corrected chi connectivity index (χ4v) is 1.78. The molecule has 0 unspecified atom stereocenters. The average Bonchev–Trinajstić information content (AvgIpc) is 2.23. The SMILES string of the molecule is CC(C)=C(C#CC#C[Si](C)(C)C)C#CC#C[Si](C)(C)C. The predicted molar refractivity (Wildman–Crippen MR) is 96.2 cm³/mol. The average molecular weight is 297 g/mol. The van der Waals surface area contributed by atoms with Gasteiger partial charge in [-0.15, -0.1) is 11.1 Å². The molecule has 0 amide bonds. The van der Waals surface area contributed by atoms with Crippen molar-refractivity contribution in [1.82, 2.24) is 0 Å². The van der Waals surface area contributed by atoms with E-state index in [1.165, 1.54) is 0 Å². The molecule has 0 nitrogen and oxygen atoms in total. The molecule has 0 aliphatic heterocycles. The van der Waals surface area contributed by atoms with Crippen LogP contribution < -0.4 is 0 Å². The lowest BCUT2D eigenvalue weighted by Gasteiger charge is -2.01. The molecule has 0 rings (SSSR count). The molecule has 0 N–H and O–H groups in total. The highest BCUT2D eigenvalue weighted by atomic mass is 28.3. The van der Waals surface area contributed by atoms with Crippen LogP contribution in [-0.2, 0) is 0 Å². The van der Waals surface area contributed by atoms with Crippen molar-refractivity contribution in [1.29, 1.82) is 0 Å². The van der Waals surface area contributed by atoms with Gasteiger partial charge in [0.2, 0.25) is 0 Å². The molecule has 0 aromatic heterocycles. The van der Waals surface area contributed by atoms with Gasteiger partial charge in [0, 0.05) is 0 Å². The minimum absolute atomic E-state index is 0.833. The third-order valence-corrected chi connectivity index (χ3v) is 3.62. The number of allylic oxidation sites excluding steroid dienone is 2. The molecule has 0 bridgehead atoms. The summed E-state index contributed by atoms with van der Waals surface area (Å²) >= 11 is 0. The Morgan fingerprint density at radius 2 is 0.950 bits per heavy atom. The van der Waals surface area contributed by atoms with Gasteiger partial charge in [-0.05, 0) is 49.4 Å². The van der Waals surface area contributed by atoms with E-state index in [-0.39, 0.29) is 0 Å². The molecule has 2 heteroatoms. The van der Waals surface area contributed by atoms with Crippen LogP contribution in [0.25, 0.3) is 0 Å². The zero-order chi connectivity index (χ0) is 15.8. The first-order chi connectivity index (χ1) is 9.01. The smallest absolute Gasteiger partial charge is 0.118 e. The minimum atomic E-state index is -1.34. The second-order valence-electron chi connectivity index (χ2n) is 6.88. The van der Waals surface area contributed by atoms with Crippen molar-refractivity contribution in [3.05, 3.63) is 11.1 Å². The Labute approximate surface area is 127 Å². The van der Waals surface area contributed by atoms with E-state index >= 15 is 0 Å². The Bertz CT molecular complexity index is 563. The van der Waals surface area contributed by atoms with Crippen LogP contribution in [0.15, 0.2) is 11.1 Å². The number of rotatable bonds is 0. The number of hydrogen-bond acceptors (Lipinski definition) is 0. The van der Waals surface area contributed by atoms with Crippen LogP contribution in [0.4, 0.5) is 0 Å². The molecule has 0 aromatic rings. The third kappa shape index (κ3) is 11.5. The molecule has 0 aromatic carbocycles. The Hall–Kier alpha value is -1.59. The normalized spacial score (nSPS) is 9.40. The first-order valence-corrected chi connectivity index (χ1v) is 13.8. The van der Waals surface area contributed by atoms with Crippen molar-refractivity contribution in [2.24, 2.45) is 0 Å². The van der Waals surface area contributed by atoms with Gasteiger partial charge in [0.15, 0.2) is 0 Å². The molecule has 20 heavy (non-hydrogen) atoms. The fourth-order valence-electron chi connectivity index (χ4n) is 0.906. The van der Waals surface area contributed by atoms with Gasteiger partial charge >= 0.3 is 0 Å². The highest BCUT2D eigenvalue weighted by Crippen LogP contribution is 2.00. The van der Waals surface area contributed by atoms with Crippen LogP contribution >= 0.6 is 0 Å². The Balaban J connectivity index is 5.11. The summed E-state index contributed by atoms with van der Waals surface area (Å²) in [5, 5.41) is 0. The van der Waals surface area contributed by atoms with Gasteiger partial charge in [0.05, 0.1) is 5.57 Å². The lowest BCUT2D eigenvalue weighted by molar-refractivity contribution is 1.37. The predicted octanol–water partition coefficient (Wildman–Crippen LogP) is 4.09. The fraction of sp³-hybridized carbons (Fsp3) is 0.444. The molecule has 0 heterocycles. The lowest BCUT2D eigenvalue weighted by atomic mass is 10.1. The summed E-state index contributed by atoms with van der Waals surface area (Å²) in [6.07, 6.45) is 0. The van der Waals surface area contributed by atoms with Crippen molar-refractivity contribution in [2.75, 3.05) is 0 Å². The molecular formula is C18H24Si2. The van der Waals surface area contributed by atoms with E-state index in [9.17, 15) is 0 Å². The maximum Gasteiger partial charge on any atom is 0.130 e. The highest BCUT2D eigenvalue weighted by molar-refractivity contribution is 6.84. The summed E-state index contributed by atoms with van der Waals surface area (Å²) in [6, 6.07) is 0. The zero-order valence-corrected chi connectivity index (χ0v) is 16.0. The molecule has 0 aliphatic rings. The Morgan fingerprint density at radius 3 is 1.20 bits per heavy atom. The summed E-state index contributed by atoms with van der Waals surface area (Å²) < 4.78 is 0. The van der Waals surface area contributed by atoms with Gasteiger partial charge in [-0.25, -0.2) is 0 Å². The van der Waals surface area contributed by atoms with Crippen LogP contribution in [0.3, 0.4) is 0 Å². The van der Waals surface area contributed by atoms with Gasteiger partial charge < -0.3 is 0 Å². The van der Waals surface area contributed by atoms with Crippen molar-refractivity contribution in [2.45, 2.75) is 53.1 Å². The standard InChI is InChI=1S/C18H24Si2/c1-17(2)18(13-9-11-15-19(3,4)5)14-10-12-16-20(6,7)8/h1-8H3. The number of hydrogen-bond donors (Lipinski definition) is 0. The summed E-state index contributed by atoms with van der Waals surface area (Å²) in [5.74, 6) is 17.8. The molecule has 104 valence electrons. The second-order valence-corrected chi connectivity index (χ2v) is 16.4. The van der Waals surface area contributed by atoms with E-state index in [1.807, 2.05) is 13.8 Å². The summed E-state index contributed by atoms with van der Waals surface area (Å²) in [6.45, 7) is 17.2. The van der Waals surface area contributed by atoms with Gasteiger partial charge in [-0.1, -0.05) is 44.9 Å². The van der Waals surface area contributed by atoms with E-state index in [0.717, 1.165) is 11.1 Å². The summed E-state index contributed by atoms with van der Waals surface area (Å²) in [5.41, 5.74) is 8.39.